The van der Waals surface area contributed by atoms with Gasteiger partial charge >= 0.3 is 6.18 Å². The highest BCUT2D eigenvalue weighted by Crippen LogP contribution is 2.34. The molecule has 0 radical (unpaired) electrons. The number of thioether (sulfide) groups is 1. The molecule has 0 fully saturated rings. The maximum absolute atomic E-state index is 12.8. The summed E-state index contributed by atoms with van der Waals surface area (Å²) in [5, 5.41) is 11.0. The Hall–Kier alpha value is -2.43. The fourth-order valence-electron chi connectivity index (χ4n) is 2.29. The Morgan fingerprint density at radius 3 is 2.48 bits per heavy atom. The molecule has 3 N–H and O–H groups in total. The van der Waals surface area contributed by atoms with Crippen LogP contribution >= 0.6 is 35.0 Å². The van der Waals surface area contributed by atoms with E-state index < -0.39 is 17.6 Å². The third-order valence-electron chi connectivity index (χ3n) is 3.67. The second-order valence-corrected chi connectivity index (χ2v) is 7.50. The van der Waals surface area contributed by atoms with Crippen LogP contribution in [0.4, 0.5) is 18.9 Å². The summed E-state index contributed by atoms with van der Waals surface area (Å²) in [5.41, 5.74) is -0.376. The molecule has 1 aromatic heterocycles. The Morgan fingerprint density at radius 1 is 1.14 bits per heavy atom. The van der Waals surface area contributed by atoms with Gasteiger partial charge in [-0.1, -0.05) is 35.0 Å². The topological polar surface area (TPSA) is 85.8 Å². The number of carbonyl (C=O) groups excluding carboxylic acids is 1. The molecule has 152 valence electrons. The maximum atomic E-state index is 12.8. The first kappa shape index (κ1) is 21.3. The molecule has 0 saturated heterocycles. The summed E-state index contributed by atoms with van der Waals surface area (Å²) in [5.74, 6) is 5.59. The number of benzene rings is 2. The van der Waals surface area contributed by atoms with Gasteiger partial charge in [0.2, 0.25) is 11.1 Å². The highest BCUT2D eigenvalue weighted by Gasteiger charge is 2.31. The molecule has 1 amide bonds. The Labute approximate surface area is 177 Å². The van der Waals surface area contributed by atoms with E-state index in [1.807, 2.05) is 0 Å². The average molecular weight is 462 g/mol. The first-order valence-electron chi connectivity index (χ1n) is 7.91. The van der Waals surface area contributed by atoms with Gasteiger partial charge in [-0.15, -0.1) is 10.2 Å². The van der Waals surface area contributed by atoms with Gasteiger partial charge in [-0.3, -0.25) is 4.79 Å². The molecule has 3 rings (SSSR count). The molecule has 12 heteroatoms. The van der Waals surface area contributed by atoms with Crippen LogP contribution in [0.25, 0.3) is 11.4 Å². The third kappa shape index (κ3) is 5.14. The van der Waals surface area contributed by atoms with E-state index >= 15 is 0 Å². The van der Waals surface area contributed by atoms with E-state index in [1.54, 1.807) is 24.3 Å². The van der Waals surface area contributed by atoms with Crippen molar-refractivity contribution in [2.45, 2.75) is 11.3 Å². The SMILES string of the molecule is Nn1c(SCC(=O)Nc2cc(C(F)(F)F)ccc2Cl)nnc1-c1ccc(Cl)cc1. The molecule has 0 aliphatic heterocycles. The first-order chi connectivity index (χ1) is 13.6. The summed E-state index contributed by atoms with van der Waals surface area (Å²) in [7, 11) is 0. The monoisotopic (exact) mass is 461 g/mol. The van der Waals surface area contributed by atoms with Gasteiger partial charge in [0.15, 0.2) is 5.82 Å². The van der Waals surface area contributed by atoms with Crippen molar-refractivity contribution in [2.24, 2.45) is 0 Å². The number of amides is 1. The Kier molecular flexibility index (Phi) is 6.25. The molecular formula is C17H12Cl2F3N5OS. The molecule has 29 heavy (non-hydrogen) atoms. The van der Waals surface area contributed by atoms with Crippen LogP contribution < -0.4 is 11.2 Å². The minimum atomic E-state index is -4.55. The largest absolute Gasteiger partial charge is 0.416 e. The number of alkyl halides is 3. The number of anilines is 1. The number of nitrogens with zero attached hydrogens (tertiary/aromatic N) is 3. The molecule has 0 aliphatic rings. The number of aromatic nitrogens is 3. The predicted octanol–water partition coefficient (Wildman–Crippen LogP) is 4.72. The van der Waals surface area contributed by atoms with Gasteiger partial charge in [0.05, 0.1) is 22.0 Å². The lowest BCUT2D eigenvalue weighted by Gasteiger charge is -2.11. The van der Waals surface area contributed by atoms with E-state index in [2.05, 4.69) is 15.5 Å². The highest BCUT2D eigenvalue weighted by atomic mass is 35.5. The summed E-state index contributed by atoms with van der Waals surface area (Å²) < 4.78 is 39.7. The lowest BCUT2D eigenvalue weighted by molar-refractivity contribution is -0.137. The quantitative estimate of drug-likeness (QED) is 0.424. The molecule has 2 aromatic carbocycles. The smallest absolute Gasteiger partial charge is 0.335 e. The van der Waals surface area contributed by atoms with E-state index in [4.69, 9.17) is 29.0 Å². The van der Waals surface area contributed by atoms with Crippen molar-refractivity contribution in [3.63, 3.8) is 0 Å². The Bertz CT molecular complexity index is 1040. The minimum absolute atomic E-state index is 0.0108. The van der Waals surface area contributed by atoms with Crippen LogP contribution in [0.2, 0.25) is 10.0 Å². The number of nitrogen functional groups attached to an aromatic ring is 1. The average Bonchev–Trinajstić information content (AvgIpc) is 3.02. The van der Waals surface area contributed by atoms with Crippen LogP contribution in [0, 0.1) is 0 Å². The summed E-state index contributed by atoms with van der Waals surface area (Å²) in [6, 6.07) is 9.45. The van der Waals surface area contributed by atoms with E-state index in [0.717, 1.165) is 30.0 Å². The standard InChI is InChI=1S/C17H12Cl2F3N5OS/c18-11-4-1-9(2-5-11)15-25-26-16(27(15)23)29-8-14(28)24-13-7-10(17(20,21)22)3-6-12(13)19/h1-7H,8,23H2,(H,24,28). The lowest BCUT2D eigenvalue weighted by atomic mass is 10.2. The third-order valence-corrected chi connectivity index (χ3v) is 5.19. The van der Waals surface area contributed by atoms with Crippen LogP contribution in [0.1, 0.15) is 5.56 Å². The lowest BCUT2D eigenvalue weighted by Crippen LogP contribution is -2.17. The molecule has 0 atom stereocenters. The van der Waals surface area contributed by atoms with Gasteiger partial charge in [-0.05, 0) is 42.5 Å². The molecule has 0 saturated carbocycles. The number of carbonyl (C=O) groups is 1. The highest BCUT2D eigenvalue weighted by molar-refractivity contribution is 7.99. The molecular weight excluding hydrogens is 450 g/mol. The van der Waals surface area contributed by atoms with E-state index in [0.29, 0.717) is 16.4 Å². The van der Waals surface area contributed by atoms with Crippen molar-refractivity contribution in [2.75, 3.05) is 16.9 Å². The van der Waals surface area contributed by atoms with Gasteiger partial charge in [-0.25, -0.2) is 4.68 Å². The van der Waals surface area contributed by atoms with E-state index in [-0.39, 0.29) is 21.6 Å². The van der Waals surface area contributed by atoms with E-state index in [1.165, 1.54) is 4.68 Å². The van der Waals surface area contributed by atoms with Crippen molar-refractivity contribution in [3.05, 3.63) is 58.1 Å². The molecule has 1 heterocycles. The van der Waals surface area contributed by atoms with Crippen molar-refractivity contribution in [1.82, 2.24) is 14.9 Å². The molecule has 3 aromatic rings. The van der Waals surface area contributed by atoms with Crippen LogP contribution in [-0.2, 0) is 11.0 Å². The zero-order valence-corrected chi connectivity index (χ0v) is 16.7. The molecule has 0 spiro atoms. The van der Waals surface area contributed by atoms with Crippen LogP contribution in [0.15, 0.2) is 47.6 Å². The van der Waals surface area contributed by atoms with Gasteiger partial charge < -0.3 is 11.2 Å². The van der Waals surface area contributed by atoms with Crippen LogP contribution in [-0.4, -0.2) is 26.5 Å². The second-order valence-electron chi connectivity index (χ2n) is 5.71. The number of hydrogen-bond donors (Lipinski definition) is 2. The van der Waals surface area contributed by atoms with Crippen LogP contribution in [0.3, 0.4) is 0 Å². The van der Waals surface area contributed by atoms with Crippen molar-refractivity contribution >= 4 is 46.6 Å². The van der Waals surface area contributed by atoms with Gasteiger partial charge in [-0.2, -0.15) is 13.2 Å². The molecule has 0 bridgehead atoms. The summed E-state index contributed by atoms with van der Waals surface area (Å²) in [4.78, 5) is 12.1. The summed E-state index contributed by atoms with van der Waals surface area (Å²) >= 11 is 12.7. The molecule has 0 aliphatic carbocycles. The Balaban J connectivity index is 1.67. The second kappa shape index (κ2) is 8.52. The van der Waals surface area contributed by atoms with Crippen LogP contribution in [0.5, 0.6) is 0 Å². The normalized spacial score (nSPS) is 11.5. The fourth-order valence-corrected chi connectivity index (χ4v) is 3.23. The maximum Gasteiger partial charge on any atom is 0.416 e. The zero-order valence-electron chi connectivity index (χ0n) is 14.4. The summed E-state index contributed by atoms with van der Waals surface area (Å²) in [6.07, 6.45) is -4.55. The van der Waals surface area contributed by atoms with Crippen molar-refractivity contribution < 1.29 is 18.0 Å². The summed E-state index contributed by atoms with van der Waals surface area (Å²) in [6.45, 7) is 0. The van der Waals surface area contributed by atoms with Gasteiger partial charge in [0.25, 0.3) is 0 Å². The van der Waals surface area contributed by atoms with Gasteiger partial charge in [0.1, 0.15) is 0 Å². The number of hydrogen-bond acceptors (Lipinski definition) is 5. The minimum Gasteiger partial charge on any atom is -0.335 e. The number of rotatable bonds is 5. The first-order valence-corrected chi connectivity index (χ1v) is 9.65. The van der Waals surface area contributed by atoms with Gasteiger partial charge in [0, 0.05) is 10.6 Å². The Morgan fingerprint density at radius 2 is 1.83 bits per heavy atom. The predicted molar refractivity (Wildman–Crippen MR) is 106 cm³/mol. The number of halogens is 5. The fraction of sp³-hybridized carbons (Fsp3) is 0.118. The number of nitrogens with one attached hydrogen (secondary N) is 1. The number of nitrogens with two attached hydrogens (primary N) is 1. The zero-order chi connectivity index (χ0) is 21.2. The van der Waals surface area contributed by atoms with E-state index in [9.17, 15) is 18.0 Å². The van der Waals surface area contributed by atoms with Crippen molar-refractivity contribution in [3.8, 4) is 11.4 Å². The molecule has 6 nitrogen and oxygen atoms in total. The molecule has 0 unspecified atom stereocenters. The van der Waals surface area contributed by atoms with Crippen molar-refractivity contribution in [1.29, 1.82) is 0 Å².